The summed E-state index contributed by atoms with van der Waals surface area (Å²) in [6.07, 6.45) is 5.78. The van der Waals surface area contributed by atoms with Crippen LogP contribution in [0, 0.1) is 5.92 Å². The maximum atomic E-state index is 12.4. The summed E-state index contributed by atoms with van der Waals surface area (Å²) in [5.41, 5.74) is 2.17. The van der Waals surface area contributed by atoms with E-state index in [4.69, 9.17) is 0 Å². The van der Waals surface area contributed by atoms with E-state index in [1.54, 1.807) is 0 Å². The van der Waals surface area contributed by atoms with E-state index in [1.165, 1.54) is 0 Å². The molecule has 1 unspecified atom stereocenters. The number of aromatic nitrogens is 2. The molecule has 1 atom stereocenters. The molecule has 0 saturated heterocycles. The first-order valence-electron chi connectivity index (χ1n) is 7.74. The van der Waals surface area contributed by atoms with Crippen molar-refractivity contribution in [2.45, 2.75) is 72.8 Å². The highest BCUT2D eigenvalue weighted by Crippen LogP contribution is 2.17. The summed E-state index contributed by atoms with van der Waals surface area (Å²) in [5.74, 6) is 0.610. The molecule has 1 rings (SSSR count). The third-order valence-corrected chi connectivity index (χ3v) is 3.79. The molecule has 1 heterocycles. The average molecular weight is 264 g/mol. The predicted molar refractivity (Wildman–Crippen MR) is 79.3 cm³/mol. The van der Waals surface area contributed by atoms with Crippen LogP contribution in [0.1, 0.15) is 64.8 Å². The van der Waals surface area contributed by atoms with Crippen molar-refractivity contribution in [1.82, 2.24) is 9.78 Å². The molecule has 0 aliphatic heterocycles. The molecule has 1 aromatic heterocycles. The minimum atomic E-state index is 0.227. The number of hydrogen-bond donors (Lipinski definition) is 0. The molecule has 1 aromatic rings. The smallest absolute Gasteiger partial charge is 0.141 e. The third-order valence-electron chi connectivity index (χ3n) is 3.79. The van der Waals surface area contributed by atoms with Crippen LogP contribution in [-0.2, 0) is 24.2 Å². The summed E-state index contributed by atoms with van der Waals surface area (Å²) in [6.45, 7) is 9.32. The molecule has 0 saturated carbocycles. The molecule has 0 fully saturated rings. The van der Waals surface area contributed by atoms with Crippen LogP contribution in [0.15, 0.2) is 6.07 Å². The highest BCUT2D eigenvalue weighted by atomic mass is 16.1. The number of ketones is 1. The lowest BCUT2D eigenvalue weighted by atomic mass is 9.92. The van der Waals surface area contributed by atoms with E-state index < -0.39 is 0 Å². The molecule has 0 amide bonds. The highest BCUT2D eigenvalue weighted by molar-refractivity contribution is 5.82. The van der Waals surface area contributed by atoms with E-state index in [0.29, 0.717) is 12.2 Å². The van der Waals surface area contributed by atoms with Gasteiger partial charge >= 0.3 is 0 Å². The van der Waals surface area contributed by atoms with Crippen molar-refractivity contribution in [3.05, 3.63) is 17.5 Å². The van der Waals surface area contributed by atoms with Crippen LogP contribution in [0.25, 0.3) is 0 Å². The van der Waals surface area contributed by atoms with Crippen molar-refractivity contribution in [2.75, 3.05) is 0 Å². The second-order valence-corrected chi connectivity index (χ2v) is 5.19. The predicted octanol–water partition coefficient (Wildman–Crippen LogP) is 3.79. The van der Waals surface area contributed by atoms with Crippen LogP contribution in [0.3, 0.4) is 0 Å². The molecular weight excluding hydrogens is 236 g/mol. The highest BCUT2D eigenvalue weighted by Gasteiger charge is 2.18. The van der Waals surface area contributed by atoms with Gasteiger partial charge < -0.3 is 0 Å². The van der Waals surface area contributed by atoms with E-state index in [1.807, 2.05) is 4.68 Å². The molecular formula is C16H28N2O. The quantitative estimate of drug-likeness (QED) is 0.680. The van der Waals surface area contributed by atoms with E-state index in [9.17, 15) is 4.79 Å². The number of nitrogens with zero attached hydrogens (tertiary/aromatic N) is 2. The Balaban J connectivity index is 2.71. The lowest BCUT2D eigenvalue weighted by molar-refractivity contribution is -0.122. The van der Waals surface area contributed by atoms with E-state index in [0.717, 1.165) is 50.0 Å². The van der Waals surface area contributed by atoms with E-state index in [2.05, 4.69) is 38.9 Å². The first-order valence-corrected chi connectivity index (χ1v) is 7.74. The Labute approximate surface area is 117 Å². The Morgan fingerprint density at radius 3 is 2.58 bits per heavy atom. The summed E-state index contributed by atoms with van der Waals surface area (Å²) in [7, 11) is 0. The Morgan fingerprint density at radius 1 is 1.32 bits per heavy atom. The minimum absolute atomic E-state index is 0.227. The summed E-state index contributed by atoms with van der Waals surface area (Å²) >= 11 is 0. The van der Waals surface area contributed by atoms with Gasteiger partial charge in [-0.3, -0.25) is 9.48 Å². The average Bonchev–Trinajstić information content (AvgIpc) is 2.81. The number of rotatable bonds is 9. The Morgan fingerprint density at radius 2 is 2.05 bits per heavy atom. The minimum Gasteiger partial charge on any atom is -0.299 e. The van der Waals surface area contributed by atoms with Crippen molar-refractivity contribution in [2.24, 2.45) is 5.92 Å². The van der Waals surface area contributed by atoms with Gasteiger partial charge in [-0.05, 0) is 32.3 Å². The van der Waals surface area contributed by atoms with Gasteiger partial charge in [-0.1, -0.05) is 33.6 Å². The molecule has 0 radical (unpaired) electrons. The van der Waals surface area contributed by atoms with Gasteiger partial charge in [-0.2, -0.15) is 5.10 Å². The summed E-state index contributed by atoms with van der Waals surface area (Å²) in [6, 6.07) is 2.09. The third kappa shape index (κ3) is 4.48. The summed E-state index contributed by atoms with van der Waals surface area (Å²) < 4.78 is 1.98. The van der Waals surface area contributed by atoms with E-state index >= 15 is 0 Å². The number of unbranched alkanes of at least 4 members (excludes halogenated alkanes) is 1. The van der Waals surface area contributed by atoms with Crippen molar-refractivity contribution in [3.8, 4) is 0 Å². The van der Waals surface area contributed by atoms with Crippen LogP contribution >= 0.6 is 0 Å². The first kappa shape index (κ1) is 15.9. The molecule has 3 nitrogen and oxygen atoms in total. The fraction of sp³-hybridized carbons (Fsp3) is 0.750. The first-order chi connectivity index (χ1) is 9.15. The van der Waals surface area contributed by atoms with Gasteiger partial charge in [0.25, 0.3) is 0 Å². The Bertz CT molecular complexity index is 395. The Kier molecular flexibility index (Phi) is 6.82. The molecule has 108 valence electrons. The van der Waals surface area contributed by atoms with Crippen molar-refractivity contribution in [3.63, 3.8) is 0 Å². The van der Waals surface area contributed by atoms with Crippen LogP contribution in [0.5, 0.6) is 0 Å². The van der Waals surface area contributed by atoms with Gasteiger partial charge in [-0.25, -0.2) is 0 Å². The van der Waals surface area contributed by atoms with Crippen molar-refractivity contribution < 1.29 is 4.79 Å². The van der Waals surface area contributed by atoms with E-state index in [-0.39, 0.29) is 5.92 Å². The van der Waals surface area contributed by atoms with Gasteiger partial charge in [0.05, 0.1) is 5.69 Å². The number of Topliss-reactive ketones (excluding diaryl/α,β-unsaturated/α-hetero) is 1. The normalized spacial score (nSPS) is 12.6. The van der Waals surface area contributed by atoms with Crippen LogP contribution in [0.2, 0.25) is 0 Å². The SMILES string of the molecule is CCCCC(CC)C(=O)Cc1cc(CC)nn1CC. The number of hydrogen-bond acceptors (Lipinski definition) is 2. The molecule has 0 bridgehead atoms. The van der Waals surface area contributed by atoms with Gasteiger partial charge in [0.2, 0.25) is 0 Å². The topological polar surface area (TPSA) is 34.9 Å². The van der Waals surface area contributed by atoms with Crippen LogP contribution in [0.4, 0.5) is 0 Å². The maximum Gasteiger partial charge on any atom is 0.141 e. The second kappa shape index (κ2) is 8.13. The molecule has 0 aliphatic carbocycles. The summed E-state index contributed by atoms with van der Waals surface area (Å²) in [5, 5.41) is 4.51. The zero-order valence-electron chi connectivity index (χ0n) is 12.9. The molecule has 0 spiro atoms. The number of carbonyl (C=O) groups is 1. The number of carbonyl (C=O) groups excluding carboxylic acids is 1. The van der Waals surface area contributed by atoms with Crippen molar-refractivity contribution >= 4 is 5.78 Å². The fourth-order valence-electron chi connectivity index (χ4n) is 2.47. The molecule has 0 aromatic carbocycles. The molecule has 3 heteroatoms. The van der Waals surface area contributed by atoms with Crippen LogP contribution in [-0.4, -0.2) is 15.6 Å². The monoisotopic (exact) mass is 264 g/mol. The molecule has 0 aliphatic rings. The zero-order valence-corrected chi connectivity index (χ0v) is 12.9. The standard InChI is InChI=1S/C16H28N2O/c1-5-9-10-13(6-2)16(19)12-15-11-14(7-3)17-18(15)8-4/h11,13H,5-10,12H2,1-4H3. The largest absolute Gasteiger partial charge is 0.299 e. The zero-order chi connectivity index (χ0) is 14.3. The molecule has 0 N–H and O–H groups in total. The molecule has 19 heavy (non-hydrogen) atoms. The van der Waals surface area contributed by atoms with Crippen molar-refractivity contribution in [1.29, 1.82) is 0 Å². The number of aryl methyl sites for hydroxylation is 2. The van der Waals surface area contributed by atoms with Gasteiger partial charge in [0.15, 0.2) is 0 Å². The van der Waals surface area contributed by atoms with Gasteiger partial charge in [0, 0.05) is 24.6 Å². The van der Waals surface area contributed by atoms with Gasteiger partial charge in [0.1, 0.15) is 5.78 Å². The lowest BCUT2D eigenvalue weighted by Crippen LogP contribution is -2.18. The fourth-order valence-corrected chi connectivity index (χ4v) is 2.47. The maximum absolute atomic E-state index is 12.4. The Hall–Kier alpha value is -1.12. The van der Waals surface area contributed by atoms with Crippen LogP contribution < -0.4 is 0 Å². The summed E-state index contributed by atoms with van der Waals surface area (Å²) in [4.78, 5) is 12.4. The van der Waals surface area contributed by atoms with Gasteiger partial charge in [-0.15, -0.1) is 0 Å². The lowest BCUT2D eigenvalue weighted by Gasteiger charge is -2.13. The second-order valence-electron chi connectivity index (χ2n) is 5.19.